The molecular weight excluding hydrogens is 393 g/mol. The van der Waals surface area contributed by atoms with Crippen molar-refractivity contribution in [3.8, 4) is 0 Å². The van der Waals surface area contributed by atoms with Crippen LogP contribution in [0, 0.1) is 0 Å². The van der Waals surface area contributed by atoms with Crippen LogP contribution in [0.2, 0.25) is 0 Å². The molecule has 156 valence electrons. The number of hydrogen-bond donors (Lipinski definition) is 1. The van der Waals surface area contributed by atoms with E-state index < -0.39 is 11.7 Å². The van der Waals surface area contributed by atoms with Crippen LogP contribution in [0.15, 0.2) is 60.9 Å². The van der Waals surface area contributed by atoms with Crippen LogP contribution in [0.1, 0.15) is 11.1 Å². The summed E-state index contributed by atoms with van der Waals surface area (Å²) in [4.78, 5) is 17.6. The van der Waals surface area contributed by atoms with Crippen LogP contribution in [0.25, 0.3) is 0 Å². The second kappa shape index (κ2) is 8.56. The maximum Gasteiger partial charge on any atom is 0.416 e. The van der Waals surface area contributed by atoms with Gasteiger partial charge in [0.05, 0.1) is 5.56 Å². The molecule has 1 aliphatic heterocycles. The zero-order valence-electron chi connectivity index (χ0n) is 16.2. The first-order chi connectivity index (χ1) is 14.5. The molecule has 0 saturated carbocycles. The average molecular weight is 414 g/mol. The lowest BCUT2D eigenvalue weighted by Crippen LogP contribution is -2.47. The number of benzene rings is 1. The van der Waals surface area contributed by atoms with Crippen molar-refractivity contribution in [2.24, 2.45) is 0 Å². The number of alkyl halides is 3. The summed E-state index contributed by atoms with van der Waals surface area (Å²) in [6, 6.07) is 12.8. The lowest BCUT2D eigenvalue weighted by molar-refractivity contribution is -0.137. The van der Waals surface area contributed by atoms with Crippen molar-refractivity contribution in [3.05, 3.63) is 72.1 Å². The van der Waals surface area contributed by atoms with E-state index in [-0.39, 0.29) is 6.54 Å². The fourth-order valence-corrected chi connectivity index (χ4v) is 3.33. The Morgan fingerprint density at radius 1 is 0.867 bits per heavy atom. The first-order valence-electron chi connectivity index (χ1n) is 9.63. The van der Waals surface area contributed by atoms with Gasteiger partial charge in [-0.2, -0.15) is 18.2 Å². The highest BCUT2D eigenvalue weighted by atomic mass is 19.4. The topological polar surface area (TPSA) is 57.2 Å². The zero-order chi connectivity index (χ0) is 21.0. The molecule has 0 unspecified atom stereocenters. The van der Waals surface area contributed by atoms with Gasteiger partial charge in [-0.1, -0.05) is 18.2 Å². The quantitative estimate of drug-likeness (QED) is 0.685. The minimum absolute atomic E-state index is 0.244. The highest BCUT2D eigenvalue weighted by Gasteiger charge is 2.30. The molecule has 0 amide bonds. The van der Waals surface area contributed by atoms with E-state index in [2.05, 4.69) is 30.1 Å². The van der Waals surface area contributed by atoms with Crippen molar-refractivity contribution in [3.63, 3.8) is 0 Å². The Hall–Kier alpha value is -3.36. The van der Waals surface area contributed by atoms with E-state index in [4.69, 9.17) is 0 Å². The SMILES string of the molecule is FC(F)(F)c1cccc(CNc2ccnc(N3CCN(c4ccccn4)CC3)n2)c1. The third-order valence-corrected chi connectivity index (χ3v) is 4.91. The summed E-state index contributed by atoms with van der Waals surface area (Å²) in [5, 5.41) is 3.09. The van der Waals surface area contributed by atoms with E-state index in [1.165, 1.54) is 6.07 Å². The fraction of sp³-hybridized carbons (Fsp3) is 0.286. The Balaban J connectivity index is 1.37. The first-order valence-corrected chi connectivity index (χ1v) is 9.63. The smallest absolute Gasteiger partial charge is 0.366 e. The number of nitrogens with one attached hydrogen (secondary N) is 1. The van der Waals surface area contributed by atoms with Gasteiger partial charge in [0.2, 0.25) is 5.95 Å². The number of halogens is 3. The van der Waals surface area contributed by atoms with E-state index in [0.29, 0.717) is 17.3 Å². The molecule has 3 aromatic rings. The number of aromatic nitrogens is 3. The van der Waals surface area contributed by atoms with Gasteiger partial charge in [0.25, 0.3) is 0 Å². The molecule has 0 aliphatic carbocycles. The first kappa shape index (κ1) is 19.9. The molecule has 2 aromatic heterocycles. The van der Waals surface area contributed by atoms with Crippen LogP contribution in [0.4, 0.5) is 30.8 Å². The summed E-state index contributed by atoms with van der Waals surface area (Å²) >= 11 is 0. The molecule has 6 nitrogen and oxygen atoms in total. The molecule has 0 atom stereocenters. The summed E-state index contributed by atoms with van der Waals surface area (Å²) in [6.45, 7) is 3.37. The fourth-order valence-electron chi connectivity index (χ4n) is 3.33. The van der Waals surface area contributed by atoms with Crippen LogP contribution >= 0.6 is 0 Å². The predicted octanol–water partition coefficient (Wildman–Crippen LogP) is 3.83. The molecule has 0 bridgehead atoms. The van der Waals surface area contributed by atoms with Gasteiger partial charge in [-0.3, -0.25) is 0 Å². The maximum atomic E-state index is 12.9. The molecule has 4 rings (SSSR count). The highest BCUT2D eigenvalue weighted by Crippen LogP contribution is 2.29. The van der Waals surface area contributed by atoms with Gasteiger partial charge in [0.1, 0.15) is 11.6 Å². The van der Waals surface area contributed by atoms with E-state index in [1.54, 1.807) is 24.5 Å². The maximum absolute atomic E-state index is 12.9. The van der Waals surface area contributed by atoms with Crippen LogP contribution in [0.5, 0.6) is 0 Å². The molecular formula is C21H21F3N6. The average Bonchev–Trinajstić information content (AvgIpc) is 2.78. The lowest BCUT2D eigenvalue weighted by atomic mass is 10.1. The second-order valence-electron chi connectivity index (χ2n) is 6.96. The van der Waals surface area contributed by atoms with E-state index in [1.807, 2.05) is 18.2 Å². The zero-order valence-corrected chi connectivity index (χ0v) is 16.2. The Kier molecular flexibility index (Phi) is 5.69. The summed E-state index contributed by atoms with van der Waals surface area (Å²) in [5.74, 6) is 2.13. The summed E-state index contributed by atoms with van der Waals surface area (Å²) < 4.78 is 38.6. The van der Waals surface area contributed by atoms with Gasteiger partial charge >= 0.3 is 6.18 Å². The van der Waals surface area contributed by atoms with Crippen LogP contribution in [-0.4, -0.2) is 41.1 Å². The summed E-state index contributed by atoms with van der Waals surface area (Å²) in [5.41, 5.74) is -0.120. The van der Waals surface area contributed by atoms with E-state index in [0.717, 1.165) is 44.1 Å². The molecule has 1 saturated heterocycles. The van der Waals surface area contributed by atoms with Crippen molar-refractivity contribution in [2.45, 2.75) is 12.7 Å². The molecule has 0 spiro atoms. The van der Waals surface area contributed by atoms with Gasteiger partial charge in [0.15, 0.2) is 0 Å². The predicted molar refractivity (Wildman–Crippen MR) is 109 cm³/mol. The molecule has 1 aromatic carbocycles. The van der Waals surface area contributed by atoms with E-state index >= 15 is 0 Å². The van der Waals surface area contributed by atoms with Crippen LogP contribution in [-0.2, 0) is 12.7 Å². The Bertz CT molecular complexity index is 972. The number of pyridine rings is 1. The largest absolute Gasteiger partial charge is 0.416 e. The minimum atomic E-state index is -4.35. The molecule has 0 radical (unpaired) electrons. The molecule has 9 heteroatoms. The lowest BCUT2D eigenvalue weighted by Gasteiger charge is -2.35. The van der Waals surface area contributed by atoms with Crippen molar-refractivity contribution >= 4 is 17.6 Å². The highest BCUT2D eigenvalue weighted by molar-refractivity contribution is 5.45. The minimum Gasteiger partial charge on any atom is -0.366 e. The molecule has 1 fully saturated rings. The summed E-state index contributed by atoms with van der Waals surface area (Å²) in [6.07, 6.45) is -0.915. The standard InChI is InChI=1S/C21H21F3N6/c22-21(23,24)17-5-3-4-16(14-17)15-27-18-7-9-26-20(28-18)30-12-10-29(11-13-30)19-6-1-2-8-25-19/h1-9,14H,10-13,15H2,(H,26,27,28). The van der Waals surface area contributed by atoms with Gasteiger partial charge in [-0.15, -0.1) is 0 Å². The Labute approximate surface area is 172 Å². The molecule has 30 heavy (non-hydrogen) atoms. The van der Waals surface area contributed by atoms with E-state index in [9.17, 15) is 13.2 Å². The van der Waals surface area contributed by atoms with Gasteiger partial charge in [-0.05, 0) is 35.9 Å². The molecule has 1 aliphatic rings. The van der Waals surface area contributed by atoms with Gasteiger partial charge in [-0.25, -0.2) is 9.97 Å². The molecule has 1 N–H and O–H groups in total. The van der Waals surface area contributed by atoms with Crippen molar-refractivity contribution in [1.29, 1.82) is 0 Å². The van der Waals surface area contributed by atoms with Crippen molar-refractivity contribution in [2.75, 3.05) is 41.3 Å². The number of nitrogens with zero attached hydrogens (tertiary/aromatic N) is 5. The van der Waals surface area contributed by atoms with Crippen molar-refractivity contribution in [1.82, 2.24) is 15.0 Å². The monoisotopic (exact) mass is 414 g/mol. The Morgan fingerprint density at radius 3 is 2.40 bits per heavy atom. The van der Waals surface area contributed by atoms with Crippen LogP contribution in [0.3, 0.4) is 0 Å². The number of rotatable bonds is 5. The normalized spacial score (nSPS) is 14.6. The van der Waals surface area contributed by atoms with Crippen molar-refractivity contribution < 1.29 is 13.2 Å². The van der Waals surface area contributed by atoms with Crippen LogP contribution < -0.4 is 15.1 Å². The van der Waals surface area contributed by atoms with Gasteiger partial charge < -0.3 is 15.1 Å². The third kappa shape index (κ3) is 4.79. The number of anilines is 3. The second-order valence-corrected chi connectivity index (χ2v) is 6.96. The Morgan fingerprint density at radius 2 is 1.67 bits per heavy atom. The number of piperazine rings is 1. The summed E-state index contributed by atoms with van der Waals surface area (Å²) in [7, 11) is 0. The van der Waals surface area contributed by atoms with Gasteiger partial charge in [0, 0.05) is 45.1 Å². The third-order valence-electron chi connectivity index (χ3n) is 4.91. The molecule has 3 heterocycles. The number of hydrogen-bond acceptors (Lipinski definition) is 6.